The standard InChI is InChI=1S/C20H20FN5O2S2/c1-12(2)7-9-25-18(28)17-15(8-10-29-17)26-19(25)23-24-20(26)30-11-16(27)22-14-5-3-13(21)4-6-14/h3-6,8,10,12H,7,9,11H2,1-2H3,(H,22,27). The van der Waals surface area contributed by atoms with Crippen LogP contribution in [0.4, 0.5) is 10.1 Å². The summed E-state index contributed by atoms with van der Waals surface area (Å²) in [6, 6.07) is 7.46. The summed E-state index contributed by atoms with van der Waals surface area (Å²) in [5.41, 5.74) is 1.20. The van der Waals surface area contributed by atoms with Crippen molar-refractivity contribution in [2.75, 3.05) is 11.1 Å². The predicted molar refractivity (Wildman–Crippen MR) is 118 cm³/mol. The Kier molecular flexibility index (Phi) is 5.87. The van der Waals surface area contributed by atoms with Gasteiger partial charge in [0.25, 0.3) is 5.56 Å². The lowest BCUT2D eigenvalue weighted by molar-refractivity contribution is -0.113. The fourth-order valence-electron chi connectivity index (χ4n) is 3.04. The fourth-order valence-corrected chi connectivity index (χ4v) is 4.61. The lowest BCUT2D eigenvalue weighted by Gasteiger charge is -2.10. The number of thioether (sulfide) groups is 1. The molecule has 3 heterocycles. The molecule has 1 N–H and O–H groups in total. The minimum absolute atomic E-state index is 0.0637. The van der Waals surface area contributed by atoms with E-state index in [9.17, 15) is 14.0 Å². The zero-order valence-electron chi connectivity index (χ0n) is 16.5. The molecule has 4 rings (SSSR count). The molecule has 0 atom stereocenters. The molecule has 0 fully saturated rings. The Morgan fingerprint density at radius 2 is 2.00 bits per heavy atom. The Morgan fingerprint density at radius 3 is 2.73 bits per heavy atom. The van der Waals surface area contributed by atoms with Gasteiger partial charge in [-0.05, 0) is 48.1 Å². The molecule has 0 radical (unpaired) electrons. The van der Waals surface area contributed by atoms with E-state index in [1.165, 1.54) is 47.4 Å². The maximum atomic E-state index is 13.0. The van der Waals surface area contributed by atoms with Crippen molar-refractivity contribution < 1.29 is 9.18 Å². The minimum atomic E-state index is -0.361. The number of anilines is 1. The summed E-state index contributed by atoms with van der Waals surface area (Å²) in [7, 11) is 0. The van der Waals surface area contributed by atoms with Gasteiger partial charge < -0.3 is 5.32 Å². The molecule has 0 aliphatic heterocycles. The largest absolute Gasteiger partial charge is 0.325 e. The van der Waals surface area contributed by atoms with Crippen molar-refractivity contribution in [2.24, 2.45) is 5.92 Å². The van der Waals surface area contributed by atoms with Crippen molar-refractivity contribution in [1.29, 1.82) is 0 Å². The van der Waals surface area contributed by atoms with E-state index in [-0.39, 0.29) is 23.0 Å². The van der Waals surface area contributed by atoms with Crippen LogP contribution in [0.2, 0.25) is 0 Å². The van der Waals surface area contributed by atoms with Gasteiger partial charge in [-0.2, -0.15) is 0 Å². The molecule has 4 aromatic rings. The molecule has 1 aromatic carbocycles. The molecule has 0 unspecified atom stereocenters. The molecule has 156 valence electrons. The van der Waals surface area contributed by atoms with Crippen molar-refractivity contribution in [3.63, 3.8) is 0 Å². The molecule has 0 saturated heterocycles. The molecule has 0 saturated carbocycles. The number of rotatable bonds is 7. The summed E-state index contributed by atoms with van der Waals surface area (Å²) < 4.78 is 17.1. The van der Waals surface area contributed by atoms with Crippen LogP contribution in [0.3, 0.4) is 0 Å². The summed E-state index contributed by atoms with van der Waals surface area (Å²) in [5, 5.41) is 13.6. The van der Waals surface area contributed by atoms with Crippen molar-refractivity contribution in [3.05, 3.63) is 51.9 Å². The third kappa shape index (κ3) is 4.10. The molecule has 1 amide bonds. The first-order valence-corrected chi connectivity index (χ1v) is 11.3. The van der Waals surface area contributed by atoms with Crippen LogP contribution in [0.15, 0.2) is 45.7 Å². The lowest BCUT2D eigenvalue weighted by Crippen LogP contribution is -2.23. The number of nitrogens with zero attached hydrogens (tertiary/aromatic N) is 4. The molecule has 10 heteroatoms. The molecule has 30 heavy (non-hydrogen) atoms. The van der Waals surface area contributed by atoms with Crippen LogP contribution < -0.4 is 10.9 Å². The minimum Gasteiger partial charge on any atom is -0.325 e. The monoisotopic (exact) mass is 445 g/mol. The zero-order chi connectivity index (χ0) is 21.3. The molecule has 7 nitrogen and oxygen atoms in total. The Balaban J connectivity index is 1.61. The quantitative estimate of drug-likeness (QED) is 0.435. The van der Waals surface area contributed by atoms with Gasteiger partial charge in [0.2, 0.25) is 11.7 Å². The molecule has 0 aliphatic rings. The number of nitrogens with one attached hydrogen (secondary N) is 1. The van der Waals surface area contributed by atoms with Gasteiger partial charge in [0.15, 0.2) is 5.16 Å². The smallest absolute Gasteiger partial charge is 0.272 e. The lowest BCUT2D eigenvalue weighted by atomic mass is 10.1. The topological polar surface area (TPSA) is 81.3 Å². The molecule has 0 bridgehead atoms. The predicted octanol–water partition coefficient (Wildman–Crippen LogP) is 4.02. The highest BCUT2D eigenvalue weighted by atomic mass is 32.2. The van der Waals surface area contributed by atoms with Crippen molar-refractivity contribution >= 4 is 50.7 Å². The number of hydrogen-bond donors (Lipinski definition) is 1. The van der Waals surface area contributed by atoms with E-state index in [0.29, 0.717) is 33.8 Å². The van der Waals surface area contributed by atoms with Crippen LogP contribution in [0, 0.1) is 11.7 Å². The average Bonchev–Trinajstić information content (AvgIpc) is 3.35. The van der Waals surface area contributed by atoms with Crippen molar-refractivity contribution in [3.8, 4) is 0 Å². The molecule has 0 aliphatic carbocycles. The number of benzene rings is 1. The summed E-state index contributed by atoms with van der Waals surface area (Å²) >= 11 is 2.62. The zero-order valence-corrected chi connectivity index (χ0v) is 18.1. The number of carbonyl (C=O) groups excluding carboxylic acids is 1. The highest BCUT2D eigenvalue weighted by molar-refractivity contribution is 7.99. The first kappa shape index (κ1) is 20.5. The highest BCUT2D eigenvalue weighted by Crippen LogP contribution is 2.25. The normalized spacial score (nSPS) is 11.6. The Morgan fingerprint density at radius 1 is 1.23 bits per heavy atom. The van der Waals surface area contributed by atoms with Gasteiger partial charge in [0.1, 0.15) is 10.5 Å². The Bertz CT molecular complexity index is 1260. The van der Waals surface area contributed by atoms with Crippen LogP contribution in [0.1, 0.15) is 20.3 Å². The summed E-state index contributed by atoms with van der Waals surface area (Å²) in [6.45, 7) is 4.77. The second-order valence-electron chi connectivity index (χ2n) is 7.24. The summed E-state index contributed by atoms with van der Waals surface area (Å²) in [4.78, 5) is 25.2. The van der Waals surface area contributed by atoms with Crippen molar-refractivity contribution in [2.45, 2.75) is 32.0 Å². The molecular weight excluding hydrogens is 425 g/mol. The average molecular weight is 446 g/mol. The number of aromatic nitrogens is 4. The van der Waals surface area contributed by atoms with E-state index in [1.54, 1.807) is 4.57 Å². The second kappa shape index (κ2) is 8.57. The van der Waals surface area contributed by atoms with E-state index in [2.05, 4.69) is 29.4 Å². The SMILES string of the molecule is CC(C)CCn1c(=O)c2sccc2n2c(SCC(=O)Nc3ccc(F)cc3)nnc12. The van der Waals surface area contributed by atoms with Crippen LogP contribution in [0.5, 0.6) is 0 Å². The van der Waals surface area contributed by atoms with Crippen LogP contribution in [-0.2, 0) is 11.3 Å². The van der Waals surface area contributed by atoms with Crippen LogP contribution >= 0.6 is 23.1 Å². The van der Waals surface area contributed by atoms with Gasteiger partial charge in [-0.25, -0.2) is 4.39 Å². The second-order valence-corrected chi connectivity index (χ2v) is 9.09. The number of fused-ring (bicyclic) bond motifs is 3. The van der Waals surface area contributed by atoms with E-state index in [4.69, 9.17) is 0 Å². The van der Waals surface area contributed by atoms with Gasteiger partial charge >= 0.3 is 0 Å². The maximum absolute atomic E-state index is 13.0. The van der Waals surface area contributed by atoms with Crippen LogP contribution in [-0.4, -0.2) is 30.8 Å². The number of thiophene rings is 1. The maximum Gasteiger partial charge on any atom is 0.272 e. The first-order chi connectivity index (χ1) is 14.4. The third-order valence-corrected chi connectivity index (χ3v) is 6.39. The molecular formula is C20H20FN5O2S2. The number of aryl methyl sites for hydroxylation is 1. The number of carbonyl (C=O) groups is 1. The van der Waals surface area contributed by atoms with Gasteiger partial charge in [0.05, 0.1) is 11.3 Å². The van der Waals surface area contributed by atoms with Gasteiger partial charge in [-0.15, -0.1) is 21.5 Å². The third-order valence-electron chi connectivity index (χ3n) is 4.57. The fraction of sp³-hybridized carbons (Fsp3) is 0.300. The van der Waals surface area contributed by atoms with Gasteiger partial charge in [-0.1, -0.05) is 25.6 Å². The van der Waals surface area contributed by atoms with Gasteiger partial charge in [-0.3, -0.25) is 18.6 Å². The summed E-state index contributed by atoms with van der Waals surface area (Å²) in [6.07, 6.45) is 0.849. The first-order valence-electron chi connectivity index (χ1n) is 9.47. The van der Waals surface area contributed by atoms with E-state index in [1.807, 2.05) is 15.8 Å². The number of halogens is 1. The van der Waals surface area contributed by atoms with Crippen molar-refractivity contribution in [1.82, 2.24) is 19.2 Å². The molecule has 3 aromatic heterocycles. The Labute approximate surface area is 179 Å². The van der Waals surface area contributed by atoms with E-state index >= 15 is 0 Å². The van der Waals surface area contributed by atoms with Gasteiger partial charge in [0, 0.05) is 12.2 Å². The highest BCUT2D eigenvalue weighted by Gasteiger charge is 2.18. The van der Waals surface area contributed by atoms with E-state index in [0.717, 1.165) is 11.9 Å². The molecule has 0 spiro atoms. The Hall–Kier alpha value is -2.72. The van der Waals surface area contributed by atoms with E-state index < -0.39 is 0 Å². The number of hydrogen-bond acceptors (Lipinski definition) is 6. The number of amides is 1. The summed E-state index contributed by atoms with van der Waals surface area (Å²) in [5.74, 6) is 0.434. The van der Waals surface area contributed by atoms with Crippen LogP contribution in [0.25, 0.3) is 16.0 Å².